The van der Waals surface area contributed by atoms with Gasteiger partial charge < -0.3 is 14.8 Å². The van der Waals surface area contributed by atoms with Crippen LogP contribution in [0, 0.1) is 0 Å². The van der Waals surface area contributed by atoms with E-state index in [1.807, 2.05) is 24.3 Å². The monoisotopic (exact) mass is 558 g/mol. The molecule has 40 heavy (non-hydrogen) atoms. The fourth-order valence-corrected chi connectivity index (χ4v) is 4.44. The Morgan fingerprint density at radius 1 is 0.875 bits per heavy atom. The summed E-state index contributed by atoms with van der Waals surface area (Å²) in [6, 6.07) is 7.49. The zero-order valence-corrected chi connectivity index (χ0v) is 25.3. The Morgan fingerprint density at radius 2 is 1.48 bits per heavy atom. The third-order valence-electron chi connectivity index (χ3n) is 6.85. The maximum absolute atomic E-state index is 13.2. The van der Waals surface area contributed by atoms with Gasteiger partial charge in [-0.2, -0.15) is 0 Å². The summed E-state index contributed by atoms with van der Waals surface area (Å²) in [4.78, 5) is 38.3. The minimum atomic E-state index is -1.08. The van der Waals surface area contributed by atoms with Gasteiger partial charge in [-0.1, -0.05) is 77.3 Å². The van der Waals surface area contributed by atoms with E-state index in [9.17, 15) is 14.4 Å². The van der Waals surface area contributed by atoms with Crippen LogP contribution in [0.5, 0.6) is 5.75 Å². The molecule has 0 saturated heterocycles. The highest BCUT2D eigenvalue weighted by Gasteiger charge is 2.31. The van der Waals surface area contributed by atoms with E-state index in [-0.39, 0.29) is 17.1 Å². The van der Waals surface area contributed by atoms with Gasteiger partial charge in [-0.15, -0.1) is 5.10 Å². The van der Waals surface area contributed by atoms with Crippen LogP contribution in [0.3, 0.4) is 0 Å². The summed E-state index contributed by atoms with van der Waals surface area (Å²) in [6.45, 7) is 11.2. The second-order valence-electron chi connectivity index (χ2n) is 10.8. The summed E-state index contributed by atoms with van der Waals surface area (Å²) in [7, 11) is 0. The summed E-state index contributed by atoms with van der Waals surface area (Å²) in [5, 5.41) is 7.60. The number of esters is 1. The molecule has 9 heteroatoms. The van der Waals surface area contributed by atoms with Crippen LogP contribution in [0.1, 0.15) is 104 Å². The molecule has 9 nitrogen and oxygen atoms in total. The Hall–Kier alpha value is -3.10. The van der Waals surface area contributed by atoms with Crippen molar-refractivity contribution in [2.75, 3.05) is 18.5 Å². The molecule has 1 N–H and O–H groups in total. The predicted octanol–water partition coefficient (Wildman–Crippen LogP) is 5.72. The van der Waals surface area contributed by atoms with Crippen molar-refractivity contribution in [3.8, 4) is 5.75 Å². The van der Waals surface area contributed by atoms with E-state index in [2.05, 4.69) is 24.3 Å². The number of rotatable bonds is 20. The third-order valence-corrected chi connectivity index (χ3v) is 6.85. The number of aryl methyl sites for hydroxylation is 1. The largest absolute Gasteiger partial charge is 0.476 e. The van der Waals surface area contributed by atoms with Crippen molar-refractivity contribution in [1.29, 1.82) is 0 Å². The maximum atomic E-state index is 13.2. The lowest BCUT2D eigenvalue weighted by Crippen LogP contribution is -2.43. The van der Waals surface area contributed by atoms with Gasteiger partial charge in [0.15, 0.2) is 5.60 Å². The Labute approximate surface area is 239 Å². The molecule has 224 valence electrons. The van der Waals surface area contributed by atoms with Gasteiger partial charge in [0.1, 0.15) is 5.75 Å². The summed E-state index contributed by atoms with van der Waals surface area (Å²) in [5.41, 5.74) is -0.718. The minimum Gasteiger partial charge on any atom is -0.476 e. The smallest absolute Gasteiger partial charge is 0.349 e. The van der Waals surface area contributed by atoms with Gasteiger partial charge >= 0.3 is 11.7 Å². The van der Waals surface area contributed by atoms with Crippen molar-refractivity contribution in [1.82, 2.24) is 14.3 Å². The normalized spacial score (nSPS) is 11.4. The fourth-order valence-electron chi connectivity index (χ4n) is 4.44. The first-order valence-electron chi connectivity index (χ1n) is 15.1. The van der Waals surface area contributed by atoms with Gasteiger partial charge in [0.25, 0.3) is 5.56 Å². The molecule has 0 spiro atoms. The van der Waals surface area contributed by atoms with Gasteiger partial charge in [0, 0.05) is 19.6 Å². The number of hydrogen-bond acceptors (Lipinski definition) is 7. The summed E-state index contributed by atoms with van der Waals surface area (Å²) in [6.07, 6.45) is 11.3. The Balaban J connectivity index is 2.06. The summed E-state index contributed by atoms with van der Waals surface area (Å²) in [5.74, 6) is 0.381. The standard InChI is InChI=1S/C31H50N4O5/c1-6-9-11-13-15-23-34-28(36)27(33-35(30(34)38)24-16-14-12-10-7-2)32-22-21-25-17-19-26(20-18-25)40-31(4,5)29(37)39-8-3/h17-20H,6-16,21-24H2,1-5H3,(H,32,33). The van der Waals surface area contributed by atoms with Crippen LogP contribution < -0.4 is 21.3 Å². The molecule has 0 bridgehead atoms. The zero-order chi connectivity index (χ0) is 29.4. The van der Waals surface area contributed by atoms with Crippen LogP contribution in [-0.2, 0) is 29.0 Å². The molecule has 2 rings (SSSR count). The maximum Gasteiger partial charge on any atom is 0.349 e. The van der Waals surface area contributed by atoms with Gasteiger partial charge in [-0.3, -0.25) is 9.36 Å². The van der Waals surface area contributed by atoms with E-state index < -0.39 is 11.6 Å². The van der Waals surface area contributed by atoms with E-state index in [4.69, 9.17) is 9.47 Å². The molecule has 0 atom stereocenters. The van der Waals surface area contributed by atoms with Crippen molar-refractivity contribution < 1.29 is 14.3 Å². The first kappa shape index (κ1) is 33.1. The number of carbonyl (C=O) groups is 1. The Morgan fingerprint density at radius 3 is 2.08 bits per heavy atom. The summed E-state index contributed by atoms with van der Waals surface area (Å²) < 4.78 is 13.7. The van der Waals surface area contributed by atoms with Crippen LogP contribution in [0.2, 0.25) is 0 Å². The molecule has 0 aliphatic rings. The lowest BCUT2D eigenvalue weighted by atomic mass is 10.1. The first-order valence-corrected chi connectivity index (χ1v) is 15.1. The van der Waals surface area contributed by atoms with E-state index in [1.54, 1.807) is 20.8 Å². The Kier molecular flexibility index (Phi) is 14.5. The van der Waals surface area contributed by atoms with Gasteiger partial charge in [0.05, 0.1) is 6.61 Å². The van der Waals surface area contributed by atoms with Crippen molar-refractivity contribution in [2.45, 2.75) is 124 Å². The number of nitrogens with one attached hydrogen (secondary N) is 1. The molecule has 0 saturated carbocycles. The number of hydrogen-bond donors (Lipinski definition) is 1. The number of unbranched alkanes of at least 4 members (excludes halogenated alkanes) is 8. The molecule has 1 heterocycles. The SMILES string of the molecule is CCCCCCCn1nc(NCCc2ccc(OC(C)(C)C(=O)OCC)cc2)c(=O)n(CCCCCCC)c1=O. The molecule has 1 aromatic carbocycles. The molecule has 0 aliphatic heterocycles. The van der Waals surface area contributed by atoms with E-state index in [0.717, 1.165) is 63.4 Å². The van der Waals surface area contributed by atoms with Crippen LogP contribution in [-0.4, -0.2) is 39.1 Å². The highest BCUT2D eigenvalue weighted by molar-refractivity contribution is 5.79. The van der Waals surface area contributed by atoms with Crippen LogP contribution in [0.25, 0.3) is 0 Å². The highest BCUT2D eigenvalue weighted by atomic mass is 16.6. The number of ether oxygens (including phenoxy) is 2. The van der Waals surface area contributed by atoms with Crippen molar-refractivity contribution in [2.24, 2.45) is 0 Å². The number of carbonyl (C=O) groups excluding carboxylic acids is 1. The average Bonchev–Trinajstić information content (AvgIpc) is 2.93. The van der Waals surface area contributed by atoms with Gasteiger partial charge in [-0.25, -0.2) is 14.3 Å². The molecule has 0 amide bonds. The lowest BCUT2D eigenvalue weighted by Gasteiger charge is -2.24. The molecule has 0 unspecified atom stereocenters. The molecule has 2 aromatic rings. The van der Waals surface area contributed by atoms with E-state index in [1.165, 1.54) is 15.7 Å². The second kappa shape index (κ2) is 17.6. The fraction of sp³-hybridized carbons (Fsp3) is 0.677. The average molecular weight is 559 g/mol. The zero-order valence-electron chi connectivity index (χ0n) is 25.3. The van der Waals surface area contributed by atoms with Crippen LogP contribution in [0.15, 0.2) is 33.9 Å². The number of anilines is 1. The van der Waals surface area contributed by atoms with Crippen molar-refractivity contribution >= 4 is 11.8 Å². The number of aromatic nitrogens is 3. The third kappa shape index (κ3) is 10.8. The second-order valence-corrected chi connectivity index (χ2v) is 10.8. The number of benzene rings is 1. The van der Waals surface area contributed by atoms with Gasteiger partial charge in [0.2, 0.25) is 5.82 Å². The van der Waals surface area contributed by atoms with Crippen LogP contribution in [0.4, 0.5) is 5.82 Å². The lowest BCUT2D eigenvalue weighted by molar-refractivity contribution is -0.158. The topological polar surface area (TPSA) is 104 Å². The van der Waals surface area contributed by atoms with Crippen LogP contribution >= 0.6 is 0 Å². The minimum absolute atomic E-state index is 0.220. The molecule has 0 aliphatic carbocycles. The molecule has 0 radical (unpaired) electrons. The molecular formula is C31H50N4O5. The van der Waals surface area contributed by atoms with Gasteiger partial charge in [-0.05, 0) is 57.7 Å². The molecular weight excluding hydrogens is 508 g/mol. The molecule has 0 fully saturated rings. The highest BCUT2D eigenvalue weighted by Crippen LogP contribution is 2.20. The van der Waals surface area contributed by atoms with Crippen molar-refractivity contribution in [3.63, 3.8) is 0 Å². The van der Waals surface area contributed by atoms with E-state index in [0.29, 0.717) is 38.4 Å². The first-order chi connectivity index (χ1) is 19.2. The van der Waals surface area contributed by atoms with E-state index >= 15 is 0 Å². The Bertz CT molecular complexity index is 1140. The predicted molar refractivity (Wildman–Crippen MR) is 160 cm³/mol. The molecule has 1 aromatic heterocycles. The number of nitrogens with zero attached hydrogens (tertiary/aromatic N) is 3. The van der Waals surface area contributed by atoms with Crippen molar-refractivity contribution in [3.05, 3.63) is 50.7 Å². The summed E-state index contributed by atoms with van der Waals surface area (Å²) >= 11 is 0. The quantitative estimate of drug-likeness (QED) is 0.164.